The summed E-state index contributed by atoms with van der Waals surface area (Å²) in [7, 11) is 0. The van der Waals surface area contributed by atoms with Crippen LogP contribution in [-0.4, -0.2) is 16.3 Å². The van der Waals surface area contributed by atoms with Crippen LogP contribution in [0.1, 0.15) is 29.8 Å². The Morgan fingerprint density at radius 2 is 2.05 bits per heavy atom. The minimum absolute atomic E-state index is 0.212. The van der Waals surface area contributed by atoms with Gasteiger partial charge in [-0.1, -0.05) is 19.1 Å². The van der Waals surface area contributed by atoms with Crippen molar-refractivity contribution in [2.45, 2.75) is 32.6 Å². The summed E-state index contributed by atoms with van der Waals surface area (Å²) in [6.45, 7) is 5.01. The maximum Gasteiger partial charge on any atom is 0.416 e. The number of likely N-dealkylation sites (N-methyl/N-ethyl adjacent to an activating group) is 1. The van der Waals surface area contributed by atoms with Gasteiger partial charge in [0.1, 0.15) is 0 Å². The number of halogens is 3. The van der Waals surface area contributed by atoms with Crippen molar-refractivity contribution < 1.29 is 13.2 Å². The smallest absolute Gasteiger partial charge is 0.309 e. The molecule has 1 unspecified atom stereocenters. The second kappa shape index (κ2) is 6.30. The lowest BCUT2D eigenvalue weighted by molar-refractivity contribution is -0.137. The predicted molar refractivity (Wildman–Crippen MR) is 74.8 cm³/mol. The molecular weight excluding hydrogens is 279 g/mol. The molecule has 6 heteroatoms. The summed E-state index contributed by atoms with van der Waals surface area (Å²) in [4.78, 5) is 0. The minimum Gasteiger partial charge on any atom is -0.309 e. The molecule has 0 spiro atoms. The maximum atomic E-state index is 12.8. The number of nitrogens with zero attached hydrogens (tertiary/aromatic N) is 2. The molecule has 0 aliphatic rings. The lowest BCUT2D eigenvalue weighted by atomic mass is 10.0. The van der Waals surface area contributed by atoms with Crippen molar-refractivity contribution in [1.82, 2.24) is 15.1 Å². The first-order valence-electron chi connectivity index (χ1n) is 6.80. The topological polar surface area (TPSA) is 29.9 Å². The first-order valence-corrected chi connectivity index (χ1v) is 6.80. The number of alkyl halides is 3. The molecular formula is C15H18F3N3. The Morgan fingerprint density at radius 1 is 1.29 bits per heavy atom. The minimum atomic E-state index is -4.33. The highest BCUT2D eigenvalue weighted by Gasteiger charge is 2.31. The summed E-state index contributed by atoms with van der Waals surface area (Å²) in [5.41, 5.74) is 0.964. The molecule has 1 heterocycles. The van der Waals surface area contributed by atoms with E-state index in [1.807, 2.05) is 19.9 Å². The fourth-order valence-corrected chi connectivity index (χ4v) is 2.23. The van der Waals surface area contributed by atoms with Crippen molar-refractivity contribution in [3.63, 3.8) is 0 Å². The highest BCUT2D eigenvalue weighted by molar-refractivity contribution is 5.28. The van der Waals surface area contributed by atoms with Gasteiger partial charge in [0.25, 0.3) is 0 Å². The summed E-state index contributed by atoms with van der Waals surface area (Å²) in [6, 6.07) is 7.10. The number of nitrogens with one attached hydrogen (secondary N) is 1. The fourth-order valence-electron chi connectivity index (χ4n) is 2.23. The van der Waals surface area contributed by atoms with E-state index in [-0.39, 0.29) is 6.04 Å². The third kappa shape index (κ3) is 3.85. The van der Waals surface area contributed by atoms with E-state index in [4.69, 9.17) is 0 Å². The van der Waals surface area contributed by atoms with E-state index in [9.17, 15) is 13.2 Å². The van der Waals surface area contributed by atoms with Crippen molar-refractivity contribution in [3.8, 4) is 0 Å². The molecule has 0 saturated carbocycles. The number of aryl methyl sites for hydroxylation is 1. The molecule has 0 radical (unpaired) electrons. The Labute approximate surface area is 121 Å². The Kier molecular flexibility index (Phi) is 4.67. The third-order valence-corrected chi connectivity index (χ3v) is 3.35. The van der Waals surface area contributed by atoms with Gasteiger partial charge in [-0.2, -0.15) is 18.3 Å². The van der Waals surface area contributed by atoms with Gasteiger partial charge in [0.05, 0.1) is 18.2 Å². The lowest BCUT2D eigenvalue weighted by Crippen LogP contribution is -2.26. The molecule has 2 aromatic rings. The zero-order chi connectivity index (χ0) is 15.5. The Bertz CT molecular complexity index is 590. The zero-order valence-corrected chi connectivity index (χ0v) is 12.0. The standard InChI is InChI=1S/C15H18F3N3/c1-3-19-14(10-21-11(2)7-8-20-21)12-5-4-6-13(9-12)15(16,17)18/h4-9,14,19H,3,10H2,1-2H3. The van der Waals surface area contributed by atoms with Gasteiger partial charge in [-0.15, -0.1) is 0 Å². The molecule has 0 amide bonds. The molecule has 114 valence electrons. The molecule has 0 aliphatic carbocycles. The highest BCUT2D eigenvalue weighted by atomic mass is 19.4. The Morgan fingerprint density at radius 3 is 2.62 bits per heavy atom. The van der Waals surface area contributed by atoms with E-state index in [0.29, 0.717) is 18.7 Å². The molecule has 0 fully saturated rings. The van der Waals surface area contributed by atoms with Crippen molar-refractivity contribution in [3.05, 3.63) is 53.3 Å². The molecule has 0 aliphatic heterocycles. The first-order chi connectivity index (χ1) is 9.91. The van der Waals surface area contributed by atoms with Gasteiger partial charge >= 0.3 is 6.18 Å². The van der Waals surface area contributed by atoms with Crippen LogP contribution in [0, 0.1) is 6.92 Å². The lowest BCUT2D eigenvalue weighted by Gasteiger charge is -2.20. The quantitative estimate of drug-likeness (QED) is 0.914. The molecule has 2 rings (SSSR count). The highest BCUT2D eigenvalue weighted by Crippen LogP contribution is 2.31. The number of rotatable bonds is 5. The zero-order valence-electron chi connectivity index (χ0n) is 12.0. The van der Waals surface area contributed by atoms with Gasteiger partial charge < -0.3 is 5.32 Å². The van der Waals surface area contributed by atoms with Crippen molar-refractivity contribution in [2.75, 3.05) is 6.54 Å². The van der Waals surface area contributed by atoms with Crippen molar-refractivity contribution in [1.29, 1.82) is 0 Å². The van der Waals surface area contributed by atoms with Gasteiger partial charge in [0, 0.05) is 11.9 Å². The molecule has 1 N–H and O–H groups in total. The third-order valence-electron chi connectivity index (χ3n) is 3.35. The van der Waals surface area contributed by atoms with E-state index in [1.54, 1.807) is 16.9 Å². The van der Waals surface area contributed by atoms with E-state index in [0.717, 1.165) is 11.8 Å². The van der Waals surface area contributed by atoms with Gasteiger partial charge in [0.15, 0.2) is 0 Å². The summed E-state index contributed by atoms with van der Waals surface area (Å²) in [5.74, 6) is 0. The largest absolute Gasteiger partial charge is 0.416 e. The number of aromatic nitrogens is 2. The van der Waals surface area contributed by atoms with Gasteiger partial charge in [-0.3, -0.25) is 4.68 Å². The van der Waals surface area contributed by atoms with Crippen LogP contribution in [0.3, 0.4) is 0 Å². The monoisotopic (exact) mass is 297 g/mol. The average molecular weight is 297 g/mol. The molecule has 1 aromatic heterocycles. The Hall–Kier alpha value is -1.82. The molecule has 3 nitrogen and oxygen atoms in total. The molecule has 1 aromatic carbocycles. The van der Waals surface area contributed by atoms with Crippen molar-refractivity contribution in [2.24, 2.45) is 0 Å². The van der Waals surface area contributed by atoms with Gasteiger partial charge in [-0.25, -0.2) is 0 Å². The van der Waals surface area contributed by atoms with E-state index in [2.05, 4.69) is 10.4 Å². The van der Waals surface area contributed by atoms with E-state index < -0.39 is 11.7 Å². The van der Waals surface area contributed by atoms with Gasteiger partial charge in [0.2, 0.25) is 0 Å². The molecule has 1 atom stereocenters. The van der Waals surface area contributed by atoms with Crippen molar-refractivity contribution >= 4 is 0 Å². The Balaban J connectivity index is 2.28. The molecule has 21 heavy (non-hydrogen) atoms. The second-order valence-electron chi connectivity index (χ2n) is 4.89. The van der Waals surface area contributed by atoms with Crippen LogP contribution in [0.4, 0.5) is 13.2 Å². The molecule has 0 saturated heterocycles. The maximum absolute atomic E-state index is 12.8. The van der Waals surface area contributed by atoms with Crippen LogP contribution in [0.5, 0.6) is 0 Å². The van der Waals surface area contributed by atoms with Crippen LogP contribution in [0.2, 0.25) is 0 Å². The average Bonchev–Trinajstić information content (AvgIpc) is 2.83. The SMILES string of the molecule is CCNC(Cn1nccc1C)c1cccc(C(F)(F)F)c1. The van der Waals surface area contributed by atoms with Crippen LogP contribution in [-0.2, 0) is 12.7 Å². The van der Waals surface area contributed by atoms with E-state index in [1.165, 1.54) is 12.1 Å². The number of hydrogen-bond acceptors (Lipinski definition) is 2. The van der Waals surface area contributed by atoms with Crippen LogP contribution in [0.15, 0.2) is 36.5 Å². The fraction of sp³-hybridized carbons (Fsp3) is 0.400. The molecule has 0 bridgehead atoms. The van der Waals surface area contributed by atoms with Crippen LogP contribution in [0.25, 0.3) is 0 Å². The number of benzene rings is 1. The predicted octanol–water partition coefficient (Wildman–Crippen LogP) is 3.56. The second-order valence-corrected chi connectivity index (χ2v) is 4.89. The van der Waals surface area contributed by atoms with E-state index >= 15 is 0 Å². The summed E-state index contributed by atoms with van der Waals surface area (Å²) in [6.07, 6.45) is -2.64. The van der Waals surface area contributed by atoms with Gasteiger partial charge in [-0.05, 0) is 37.2 Å². The van der Waals surface area contributed by atoms with Crippen LogP contribution < -0.4 is 5.32 Å². The first kappa shape index (κ1) is 15.6. The normalized spacial score (nSPS) is 13.4. The number of hydrogen-bond donors (Lipinski definition) is 1. The van der Waals surface area contributed by atoms with Crippen LogP contribution >= 0.6 is 0 Å². The summed E-state index contributed by atoms with van der Waals surface area (Å²) < 4.78 is 40.2. The summed E-state index contributed by atoms with van der Waals surface area (Å²) >= 11 is 0. The summed E-state index contributed by atoms with van der Waals surface area (Å²) in [5, 5.41) is 7.40.